The molecular formula is C26H25N5O2. The molecule has 1 aliphatic rings. The average molecular weight is 440 g/mol. The van der Waals surface area contributed by atoms with Gasteiger partial charge < -0.3 is 10.2 Å². The standard InChI is InChI=1S/C26H25N5O2/c1-18-6-8-19(9-7-18)15-30-16-21(12-25(30)32)26(33)28-14-20-10-11-24(27-13-20)31-17-29-22-4-2-3-5-23(22)31/h2-11,13,17,21H,12,14-16H2,1H3,(H,28,33). The van der Waals surface area contributed by atoms with Crippen molar-refractivity contribution < 1.29 is 9.59 Å². The summed E-state index contributed by atoms with van der Waals surface area (Å²) < 4.78 is 1.93. The number of rotatable bonds is 6. The Labute approximate surface area is 192 Å². The molecule has 1 aliphatic heterocycles. The summed E-state index contributed by atoms with van der Waals surface area (Å²) in [5, 5.41) is 2.96. The van der Waals surface area contributed by atoms with Crippen molar-refractivity contribution in [3.63, 3.8) is 0 Å². The van der Waals surface area contributed by atoms with Gasteiger partial charge in [0, 0.05) is 32.3 Å². The fourth-order valence-corrected chi connectivity index (χ4v) is 4.15. The number of hydrogen-bond acceptors (Lipinski definition) is 4. The number of carbonyl (C=O) groups excluding carboxylic acids is 2. The first kappa shape index (κ1) is 20.9. The van der Waals surface area contributed by atoms with E-state index in [1.54, 1.807) is 17.4 Å². The fourth-order valence-electron chi connectivity index (χ4n) is 4.15. The van der Waals surface area contributed by atoms with Gasteiger partial charge in [0.05, 0.1) is 17.0 Å². The van der Waals surface area contributed by atoms with Crippen LogP contribution < -0.4 is 5.32 Å². The van der Waals surface area contributed by atoms with Gasteiger partial charge in [-0.2, -0.15) is 0 Å². The Morgan fingerprint density at radius 3 is 2.61 bits per heavy atom. The molecule has 0 aliphatic carbocycles. The third-order valence-electron chi connectivity index (χ3n) is 6.06. The Kier molecular flexibility index (Phi) is 5.60. The summed E-state index contributed by atoms with van der Waals surface area (Å²) in [6, 6.07) is 19.9. The van der Waals surface area contributed by atoms with Crippen molar-refractivity contribution in [3.05, 3.63) is 89.9 Å². The van der Waals surface area contributed by atoms with Gasteiger partial charge in [-0.05, 0) is 36.2 Å². The second kappa shape index (κ2) is 8.86. The first-order chi connectivity index (χ1) is 16.1. The number of amides is 2. The maximum absolute atomic E-state index is 12.7. The second-order valence-electron chi connectivity index (χ2n) is 8.51. The van der Waals surface area contributed by atoms with E-state index in [4.69, 9.17) is 0 Å². The zero-order chi connectivity index (χ0) is 22.8. The molecule has 7 heteroatoms. The number of nitrogens with zero attached hydrogens (tertiary/aromatic N) is 4. The van der Waals surface area contributed by atoms with Gasteiger partial charge in [0.15, 0.2) is 0 Å². The minimum Gasteiger partial charge on any atom is -0.352 e. The van der Waals surface area contributed by atoms with Crippen LogP contribution in [0.5, 0.6) is 0 Å². The van der Waals surface area contributed by atoms with Crippen LogP contribution in [-0.4, -0.2) is 37.8 Å². The Hall–Kier alpha value is -4.00. The lowest BCUT2D eigenvalue weighted by atomic mass is 10.1. The van der Waals surface area contributed by atoms with Crippen LogP contribution in [0.3, 0.4) is 0 Å². The van der Waals surface area contributed by atoms with Gasteiger partial charge in [0.1, 0.15) is 12.1 Å². The highest BCUT2D eigenvalue weighted by atomic mass is 16.2. The third kappa shape index (κ3) is 4.48. The molecule has 33 heavy (non-hydrogen) atoms. The number of para-hydroxylation sites is 2. The molecular weight excluding hydrogens is 414 g/mol. The van der Waals surface area contributed by atoms with E-state index in [0.29, 0.717) is 19.6 Å². The third-order valence-corrected chi connectivity index (χ3v) is 6.06. The molecule has 0 radical (unpaired) electrons. The van der Waals surface area contributed by atoms with Crippen molar-refractivity contribution in [2.24, 2.45) is 5.92 Å². The number of aryl methyl sites for hydroxylation is 1. The zero-order valence-corrected chi connectivity index (χ0v) is 18.4. The summed E-state index contributed by atoms with van der Waals surface area (Å²) in [5.74, 6) is 0.369. The zero-order valence-electron chi connectivity index (χ0n) is 18.4. The van der Waals surface area contributed by atoms with Crippen LogP contribution in [0.1, 0.15) is 23.1 Å². The molecule has 166 valence electrons. The largest absolute Gasteiger partial charge is 0.352 e. The van der Waals surface area contributed by atoms with Gasteiger partial charge >= 0.3 is 0 Å². The van der Waals surface area contributed by atoms with E-state index >= 15 is 0 Å². The molecule has 3 heterocycles. The maximum Gasteiger partial charge on any atom is 0.225 e. The molecule has 5 rings (SSSR count). The molecule has 2 aromatic carbocycles. The van der Waals surface area contributed by atoms with Gasteiger partial charge in [0.25, 0.3) is 0 Å². The van der Waals surface area contributed by atoms with E-state index in [9.17, 15) is 9.59 Å². The molecule has 0 saturated carbocycles. The first-order valence-corrected chi connectivity index (χ1v) is 11.1. The van der Waals surface area contributed by atoms with Crippen LogP contribution in [-0.2, 0) is 22.7 Å². The smallest absolute Gasteiger partial charge is 0.225 e. The number of likely N-dealkylation sites (tertiary alicyclic amines) is 1. The molecule has 2 amide bonds. The lowest BCUT2D eigenvalue weighted by molar-refractivity contribution is -0.129. The topological polar surface area (TPSA) is 80.1 Å². The Bertz CT molecular complexity index is 1290. The molecule has 0 spiro atoms. The van der Waals surface area contributed by atoms with Crippen LogP contribution in [0, 0.1) is 12.8 Å². The minimum atomic E-state index is -0.326. The van der Waals surface area contributed by atoms with E-state index in [1.807, 2.05) is 72.2 Å². The van der Waals surface area contributed by atoms with Gasteiger partial charge in [-0.25, -0.2) is 9.97 Å². The number of aromatic nitrogens is 3. The van der Waals surface area contributed by atoms with Crippen LogP contribution in [0.15, 0.2) is 73.2 Å². The molecule has 1 saturated heterocycles. The van der Waals surface area contributed by atoms with Crippen molar-refractivity contribution in [1.82, 2.24) is 24.8 Å². The highest BCUT2D eigenvalue weighted by molar-refractivity contribution is 5.89. The van der Waals surface area contributed by atoms with E-state index in [2.05, 4.69) is 15.3 Å². The normalized spacial score (nSPS) is 15.8. The summed E-state index contributed by atoms with van der Waals surface area (Å²) in [6.45, 7) is 3.40. The Balaban J connectivity index is 1.17. The van der Waals surface area contributed by atoms with Crippen LogP contribution in [0.4, 0.5) is 0 Å². The Morgan fingerprint density at radius 1 is 1.03 bits per heavy atom. The van der Waals surface area contributed by atoms with Crippen molar-refractivity contribution in [2.75, 3.05) is 6.54 Å². The molecule has 2 aromatic heterocycles. The number of fused-ring (bicyclic) bond motifs is 1. The predicted octanol–water partition coefficient (Wildman–Crippen LogP) is 3.39. The number of imidazole rings is 1. The molecule has 1 N–H and O–H groups in total. The maximum atomic E-state index is 12.7. The summed E-state index contributed by atoms with van der Waals surface area (Å²) in [5.41, 5.74) is 5.07. The highest BCUT2D eigenvalue weighted by Crippen LogP contribution is 2.21. The summed E-state index contributed by atoms with van der Waals surface area (Å²) in [6.07, 6.45) is 3.77. The summed E-state index contributed by atoms with van der Waals surface area (Å²) in [7, 11) is 0. The molecule has 1 fully saturated rings. The number of hydrogen-bond donors (Lipinski definition) is 1. The van der Waals surface area contributed by atoms with Gasteiger partial charge in [-0.1, -0.05) is 48.0 Å². The van der Waals surface area contributed by atoms with Crippen molar-refractivity contribution in [3.8, 4) is 5.82 Å². The number of carbonyl (C=O) groups is 2. The van der Waals surface area contributed by atoms with E-state index in [0.717, 1.165) is 28.0 Å². The highest BCUT2D eigenvalue weighted by Gasteiger charge is 2.34. The SMILES string of the molecule is Cc1ccc(CN2CC(C(=O)NCc3ccc(-n4cnc5ccccc54)nc3)CC2=O)cc1. The molecule has 4 aromatic rings. The van der Waals surface area contributed by atoms with Crippen LogP contribution in [0.2, 0.25) is 0 Å². The van der Waals surface area contributed by atoms with Gasteiger partial charge in [-0.3, -0.25) is 14.2 Å². The van der Waals surface area contributed by atoms with Crippen LogP contribution in [0.25, 0.3) is 16.9 Å². The van der Waals surface area contributed by atoms with E-state index in [1.165, 1.54) is 5.56 Å². The number of benzene rings is 2. The van der Waals surface area contributed by atoms with Gasteiger partial charge in [0.2, 0.25) is 11.8 Å². The average Bonchev–Trinajstić information content (AvgIpc) is 3.43. The Morgan fingerprint density at radius 2 is 1.82 bits per heavy atom. The quantitative estimate of drug-likeness (QED) is 0.499. The van der Waals surface area contributed by atoms with Crippen LogP contribution >= 0.6 is 0 Å². The summed E-state index contributed by atoms with van der Waals surface area (Å²) >= 11 is 0. The van der Waals surface area contributed by atoms with Gasteiger partial charge in [-0.15, -0.1) is 0 Å². The second-order valence-corrected chi connectivity index (χ2v) is 8.51. The first-order valence-electron chi connectivity index (χ1n) is 11.1. The van der Waals surface area contributed by atoms with E-state index in [-0.39, 0.29) is 24.2 Å². The van der Waals surface area contributed by atoms with Crippen molar-refractivity contribution >= 4 is 22.8 Å². The molecule has 0 bridgehead atoms. The lowest BCUT2D eigenvalue weighted by Gasteiger charge is -2.17. The van der Waals surface area contributed by atoms with Crippen molar-refractivity contribution in [1.29, 1.82) is 0 Å². The fraction of sp³-hybridized carbons (Fsp3) is 0.231. The lowest BCUT2D eigenvalue weighted by Crippen LogP contribution is -2.32. The number of nitrogens with one attached hydrogen (secondary N) is 1. The summed E-state index contributed by atoms with van der Waals surface area (Å²) in [4.78, 5) is 35.8. The predicted molar refractivity (Wildman–Crippen MR) is 125 cm³/mol. The number of pyridine rings is 1. The monoisotopic (exact) mass is 439 g/mol. The van der Waals surface area contributed by atoms with Crippen molar-refractivity contribution in [2.45, 2.75) is 26.4 Å². The molecule has 1 unspecified atom stereocenters. The molecule has 1 atom stereocenters. The molecule has 7 nitrogen and oxygen atoms in total. The van der Waals surface area contributed by atoms with E-state index < -0.39 is 0 Å². The minimum absolute atomic E-state index is 0.0225.